The van der Waals surface area contributed by atoms with Gasteiger partial charge in [0, 0.05) is 12.8 Å². The van der Waals surface area contributed by atoms with E-state index >= 15 is 0 Å². The van der Waals surface area contributed by atoms with Gasteiger partial charge in [-0.15, -0.1) is 19.7 Å². The third-order valence-electron chi connectivity index (χ3n) is 2.24. The number of amides is 1. The van der Waals surface area contributed by atoms with Gasteiger partial charge in [-0.25, -0.2) is 5.01 Å². The van der Waals surface area contributed by atoms with E-state index in [1.165, 1.54) is 5.01 Å². The fourth-order valence-electron chi connectivity index (χ4n) is 1.52. The van der Waals surface area contributed by atoms with Crippen LogP contribution in [0.15, 0.2) is 48.3 Å². The highest BCUT2D eigenvalue weighted by Crippen LogP contribution is 2.30. The van der Waals surface area contributed by atoms with E-state index in [4.69, 9.17) is 0 Å². The predicted molar refractivity (Wildman–Crippen MR) is 59.1 cm³/mol. The molecule has 1 aliphatic heterocycles. The fourth-order valence-corrected chi connectivity index (χ4v) is 1.52. The van der Waals surface area contributed by atoms with Gasteiger partial charge in [0.05, 0.1) is 6.54 Å². The van der Waals surface area contributed by atoms with Crippen LogP contribution in [-0.2, 0) is 4.79 Å². The van der Waals surface area contributed by atoms with Crippen molar-refractivity contribution >= 4 is 5.91 Å². The number of rotatable bonds is 6. The monoisotopic (exact) mass is 205 g/mol. The Hall–Kier alpha value is -1.71. The number of nitrogens with zero attached hydrogens (tertiary/aromatic N) is 3. The molecule has 0 atom stereocenters. The summed E-state index contributed by atoms with van der Waals surface area (Å²) in [4.78, 5) is 12.0. The lowest BCUT2D eigenvalue weighted by Crippen LogP contribution is -2.40. The van der Waals surface area contributed by atoms with E-state index in [1.807, 2.05) is 0 Å². The number of carbonyl (C=O) groups is 1. The molecule has 1 amide bonds. The maximum absolute atomic E-state index is 12.0. The zero-order chi connectivity index (χ0) is 11.3. The average Bonchev–Trinajstić information content (AvgIpc) is 2.49. The molecule has 0 spiro atoms. The first-order valence-corrected chi connectivity index (χ1v) is 4.77. The fraction of sp³-hybridized carbons (Fsp3) is 0.364. The Morgan fingerprint density at radius 2 is 1.80 bits per heavy atom. The molecule has 1 heterocycles. The number of carbonyl (C=O) groups excluding carboxylic acids is 1. The Bertz CT molecular complexity index is 310. The molecule has 0 aromatic heterocycles. The first-order valence-electron chi connectivity index (χ1n) is 4.77. The van der Waals surface area contributed by atoms with Crippen molar-refractivity contribution in [3.63, 3.8) is 0 Å². The molecule has 1 aliphatic rings. The molecular formula is C11H15N3O. The van der Waals surface area contributed by atoms with Crippen LogP contribution < -0.4 is 0 Å². The topological polar surface area (TPSA) is 45.0 Å². The summed E-state index contributed by atoms with van der Waals surface area (Å²) in [6, 6.07) is 0. The van der Waals surface area contributed by atoms with E-state index in [-0.39, 0.29) is 5.91 Å². The Morgan fingerprint density at radius 3 is 2.27 bits per heavy atom. The molecule has 0 radical (unpaired) electrons. The van der Waals surface area contributed by atoms with Gasteiger partial charge in [-0.1, -0.05) is 23.5 Å². The van der Waals surface area contributed by atoms with Crippen LogP contribution in [0.4, 0.5) is 0 Å². The van der Waals surface area contributed by atoms with E-state index in [0.717, 1.165) is 0 Å². The van der Waals surface area contributed by atoms with Crippen LogP contribution in [0.25, 0.3) is 0 Å². The number of hydrogen-bond acceptors (Lipinski definition) is 3. The van der Waals surface area contributed by atoms with Crippen molar-refractivity contribution in [1.82, 2.24) is 5.01 Å². The molecule has 0 fully saturated rings. The molecule has 0 bridgehead atoms. The lowest BCUT2D eigenvalue weighted by Gasteiger charge is -2.20. The van der Waals surface area contributed by atoms with Crippen LogP contribution in [0.2, 0.25) is 0 Å². The van der Waals surface area contributed by atoms with Gasteiger partial charge >= 0.3 is 0 Å². The van der Waals surface area contributed by atoms with E-state index in [1.54, 1.807) is 18.2 Å². The normalized spacial score (nSPS) is 17.9. The van der Waals surface area contributed by atoms with Crippen LogP contribution in [0.1, 0.15) is 12.8 Å². The van der Waals surface area contributed by atoms with Gasteiger partial charge in [-0.2, -0.15) is 5.11 Å². The average molecular weight is 205 g/mol. The van der Waals surface area contributed by atoms with Crippen molar-refractivity contribution in [2.24, 2.45) is 10.3 Å². The Morgan fingerprint density at radius 1 is 1.20 bits per heavy atom. The summed E-state index contributed by atoms with van der Waals surface area (Å²) in [7, 11) is 0. The summed E-state index contributed by atoms with van der Waals surface area (Å²) >= 11 is 0. The maximum atomic E-state index is 12.0. The molecule has 0 aliphatic carbocycles. The Labute approximate surface area is 89.7 Å². The van der Waals surface area contributed by atoms with Crippen molar-refractivity contribution in [1.29, 1.82) is 0 Å². The van der Waals surface area contributed by atoms with Crippen molar-refractivity contribution in [3.05, 3.63) is 38.0 Å². The quantitative estimate of drug-likeness (QED) is 0.613. The standard InChI is InChI=1S/C11H15N3O/c1-4-7-11(8-5-2)10(15)14(9-6-3)13-12-11/h4-6H,1-3,7-9H2. The summed E-state index contributed by atoms with van der Waals surface area (Å²) in [5.74, 6) is -0.109. The van der Waals surface area contributed by atoms with Crippen LogP contribution in [0.3, 0.4) is 0 Å². The second kappa shape index (κ2) is 4.68. The second-order valence-corrected chi connectivity index (χ2v) is 3.38. The summed E-state index contributed by atoms with van der Waals surface area (Å²) in [5, 5.41) is 9.20. The highest BCUT2D eigenvalue weighted by molar-refractivity contribution is 5.88. The highest BCUT2D eigenvalue weighted by atomic mass is 16.2. The van der Waals surface area contributed by atoms with Gasteiger partial charge in [0.2, 0.25) is 0 Å². The second-order valence-electron chi connectivity index (χ2n) is 3.38. The van der Waals surface area contributed by atoms with E-state index < -0.39 is 5.54 Å². The van der Waals surface area contributed by atoms with Gasteiger partial charge in [-0.05, 0) is 0 Å². The van der Waals surface area contributed by atoms with Crippen LogP contribution in [0.5, 0.6) is 0 Å². The minimum atomic E-state index is -0.813. The molecule has 0 unspecified atom stereocenters. The van der Waals surface area contributed by atoms with Crippen LogP contribution >= 0.6 is 0 Å². The first kappa shape index (κ1) is 11.4. The summed E-state index contributed by atoms with van der Waals surface area (Å²) in [6.07, 6.45) is 5.94. The maximum Gasteiger partial charge on any atom is 0.274 e. The van der Waals surface area contributed by atoms with Crippen molar-refractivity contribution in [2.75, 3.05) is 6.54 Å². The summed E-state index contributed by atoms with van der Waals surface area (Å²) in [6.45, 7) is 11.2. The first-order chi connectivity index (χ1) is 7.20. The van der Waals surface area contributed by atoms with E-state index in [2.05, 4.69) is 30.1 Å². The largest absolute Gasteiger partial charge is 0.274 e. The highest BCUT2D eigenvalue weighted by Gasteiger charge is 2.44. The van der Waals surface area contributed by atoms with Crippen molar-refractivity contribution in [3.8, 4) is 0 Å². The molecule has 15 heavy (non-hydrogen) atoms. The molecule has 4 heteroatoms. The van der Waals surface area contributed by atoms with Crippen molar-refractivity contribution in [2.45, 2.75) is 18.4 Å². The van der Waals surface area contributed by atoms with Gasteiger partial charge < -0.3 is 0 Å². The van der Waals surface area contributed by atoms with Crippen molar-refractivity contribution < 1.29 is 4.79 Å². The van der Waals surface area contributed by atoms with Gasteiger partial charge in [-0.3, -0.25) is 4.79 Å². The lowest BCUT2D eigenvalue weighted by molar-refractivity contribution is -0.132. The molecule has 4 nitrogen and oxygen atoms in total. The molecule has 0 saturated carbocycles. The zero-order valence-electron chi connectivity index (χ0n) is 8.72. The Balaban J connectivity index is 2.88. The predicted octanol–water partition coefficient (Wildman–Crippen LogP) is 2.27. The molecule has 0 aromatic carbocycles. The van der Waals surface area contributed by atoms with Crippen LogP contribution in [-0.4, -0.2) is 23.0 Å². The molecule has 80 valence electrons. The van der Waals surface area contributed by atoms with Gasteiger partial charge in [0.1, 0.15) is 0 Å². The number of hydrogen-bond donors (Lipinski definition) is 0. The molecule has 1 rings (SSSR count). The molecule has 0 N–H and O–H groups in total. The minimum Gasteiger partial charge on any atom is -0.270 e. The zero-order valence-corrected chi connectivity index (χ0v) is 8.72. The van der Waals surface area contributed by atoms with Gasteiger partial charge in [0.25, 0.3) is 5.91 Å². The SMILES string of the molecule is C=CCN1N=NC(CC=C)(CC=C)C1=O. The smallest absolute Gasteiger partial charge is 0.270 e. The summed E-state index contributed by atoms with van der Waals surface area (Å²) < 4.78 is 0. The molecular weight excluding hydrogens is 190 g/mol. The van der Waals surface area contributed by atoms with Gasteiger partial charge in [0.15, 0.2) is 5.54 Å². The van der Waals surface area contributed by atoms with E-state index in [0.29, 0.717) is 19.4 Å². The molecule has 0 saturated heterocycles. The molecule has 0 aromatic rings. The van der Waals surface area contributed by atoms with E-state index in [9.17, 15) is 4.79 Å². The minimum absolute atomic E-state index is 0.109. The Kier molecular flexibility index (Phi) is 3.55. The third kappa shape index (κ3) is 2.03. The summed E-state index contributed by atoms with van der Waals surface area (Å²) in [5.41, 5.74) is -0.813. The van der Waals surface area contributed by atoms with Crippen LogP contribution in [0, 0.1) is 0 Å². The third-order valence-corrected chi connectivity index (χ3v) is 2.24. The lowest BCUT2D eigenvalue weighted by atomic mass is 9.91.